The maximum atomic E-state index is 11.2. The van der Waals surface area contributed by atoms with Crippen molar-refractivity contribution in [2.75, 3.05) is 0 Å². The predicted molar refractivity (Wildman–Crippen MR) is 82.1 cm³/mol. The van der Waals surface area contributed by atoms with E-state index in [2.05, 4.69) is 5.32 Å². The number of carbonyl (C=O) groups is 1. The molecule has 0 fully saturated rings. The Bertz CT molecular complexity index is 581. The van der Waals surface area contributed by atoms with E-state index in [9.17, 15) is 4.79 Å². The molecule has 0 radical (unpaired) electrons. The van der Waals surface area contributed by atoms with Gasteiger partial charge in [-0.15, -0.1) is 0 Å². The maximum Gasteiger partial charge on any atom is 0.389 e. The lowest BCUT2D eigenvalue weighted by molar-refractivity contribution is -0.0926. The lowest BCUT2D eigenvalue weighted by Crippen LogP contribution is -2.64. The quantitative estimate of drug-likeness (QED) is 0.759. The summed E-state index contributed by atoms with van der Waals surface area (Å²) in [6, 6.07) is 4.40. The van der Waals surface area contributed by atoms with Crippen LogP contribution in [-0.4, -0.2) is 15.7 Å². The van der Waals surface area contributed by atoms with Crippen LogP contribution in [0.15, 0.2) is 18.2 Å². The number of carbonyl (C=O) groups excluding carboxylic acids is 1. The minimum absolute atomic E-state index is 0.0965. The van der Waals surface area contributed by atoms with Crippen LogP contribution in [0.3, 0.4) is 0 Å². The number of primary amides is 1. The summed E-state index contributed by atoms with van der Waals surface area (Å²) in [6.45, 7) is 6.15. The molecule has 1 heterocycles. The second-order valence-electron chi connectivity index (χ2n) is 5.72. The van der Waals surface area contributed by atoms with Gasteiger partial charge < -0.3 is 15.2 Å². The number of halogens is 3. The molecule has 3 N–H and O–H groups in total. The van der Waals surface area contributed by atoms with E-state index in [1.165, 1.54) is 0 Å². The Hall–Kier alpha value is -1.04. The third-order valence-corrected chi connectivity index (χ3v) is 3.72. The van der Waals surface area contributed by atoms with E-state index in [0.29, 0.717) is 11.5 Å². The van der Waals surface area contributed by atoms with E-state index in [1.807, 2.05) is 26.8 Å². The van der Waals surface area contributed by atoms with Gasteiger partial charge >= 0.3 is 11.9 Å². The first-order chi connectivity index (χ1) is 9.45. The van der Waals surface area contributed by atoms with Crippen molar-refractivity contribution in [1.29, 1.82) is 0 Å². The molecular formula is C13H15Cl3N2O3. The molecule has 21 heavy (non-hydrogen) atoms. The lowest BCUT2D eigenvalue weighted by atomic mass is 9.87. The second kappa shape index (κ2) is 5.00. The van der Waals surface area contributed by atoms with Gasteiger partial charge in [0.15, 0.2) is 11.5 Å². The van der Waals surface area contributed by atoms with Crippen molar-refractivity contribution < 1.29 is 14.3 Å². The summed E-state index contributed by atoms with van der Waals surface area (Å²) in [6.07, 6.45) is 0. The van der Waals surface area contributed by atoms with Gasteiger partial charge in [-0.25, -0.2) is 4.79 Å². The van der Waals surface area contributed by atoms with Crippen LogP contribution in [0.4, 0.5) is 4.79 Å². The lowest BCUT2D eigenvalue weighted by Gasteiger charge is -2.32. The summed E-state index contributed by atoms with van der Waals surface area (Å²) in [5.41, 5.74) is 6.01. The topological polar surface area (TPSA) is 73.6 Å². The number of alkyl halides is 3. The van der Waals surface area contributed by atoms with E-state index < -0.39 is 15.7 Å². The molecule has 2 amide bonds. The van der Waals surface area contributed by atoms with Gasteiger partial charge in [0.25, 0.3) is 3.79 Å². The van der Waals surface area contributed by atoms with Crippen molar-refractivity contribution in [2.24, 2.45) is 5.73 Å². The zero-order valence-corrected chi connectivity index (χ0v) is 13.9. The molecule has 0 unspecified atom stereocenters. The smallest absolute Gasteiger partial charge is 0.389 e. The Kier molecular flexibility index (Phi) is 3.89. The highest BCUT2D eigenvalue weighted by Crippen LogP contribution is 2.49. The zero-order valence-electron chi connectivity index (χ0n) is 11.7. The van der Waals surface area contributed by atoms with Crippen LogP contribution in [0.5, 0.6) is 11.5 Å². The van der Waals surface area contributed by atoms with Crippen molar-refractivity contribution in [2.45, 2.75) is 35.9 Å². The molecule has 8 heteroatoms. The fourth-order valence-electron chi connectivity index (χ4n) is 1.87. The summed E-state index contributed by atoms with van der Waals surface area (Å²) in [5.74, 6) is -1.28. The van der Waals surface area contributed by atoms with Crippen LogP contribution >= 0.6 is 34.8 Å². The van der Waals surface area contributed by atoms with E-state index in [-0.39, 0.29) is 5.41 Å². The first-order valence-corrected chi connectivity index (χ1v) is 7.25. The minimum Gasteiger partial charge on any atom is -0.428 e. The van der Waals surface area contributed by atoms with Crippen LogP contribution < -0.4 is 20.5 Å². The number of fused-ring (bicyclic) bond motifs is 1. The predicted octanol–water partition coefficient (Wildman–Crippen LogP) is 3.45. The van der Waals surface area contributed by atoms with Gasteiger partial charge in [-0.1, -0.05) is 61.6 Å². The van der Waals surface area contributed by atoms with Crippen molar-refractivity contribution in [1.82, 2.24) is 5.32 Å². The Morgan fingerprint density at radius 1 is 1.19 bits per heavy atom. The van der Waals surface area contributed by atoms with Gasteiger partial charge in [-0.3, -0.25) is 5.32 Å². The fourth-order valence-corrected chi connectivity index (χ4v) is 2.24. The number of hydrogen-bond donors (Lipinski definition) is 2. The molecule has 1 aliphatic heterocycles. The molecule has 0 saturated carbocycles. The van der Waals surface area contributed by atoms with Crippen molar-refractivity contribution in [3.05, 3.63) is 23.8 Å². The van der Waals surface area contributed by atoms with Gasteiger partial charge in [-0.05, 0) is 23.1 Å². The standard InChI is InChI=1S/C13H15Cl3N2O3/c1-11(2,3)7-4-5-8-9(6-7)21-13(20-8,12(14,15)16)18-10(17)19/h4-6H,1-3H3,(H3,17,18,19)/t13-/m0/s1. The number of nitrogens with one attached hydrogen (secondary N) is 1. The highest BCUT2D eigenvalue weighted by atomic mass is 35.6. The molecule has 0 bridgehead atoms. The molecule has 0 aromatic heterocycles. The molecular weight excluding hydrogens is 339 g/mol. The number of ether oxygens (including phenoxy) is 2. The van der Waals surface area contributed by atoms with E-state index in [1.54, 1.807) is 12.1 Å². The normalized spacial score (nSPS) is 21.2. The summed E-state index contributed by atoms with van der Waals surface area (Å²) in [4.78, 5) is 11.2. The average molecular weight is 354 g/mol. The summed E-state index contributed by atoms with van der Waals surface area (Å²) in [7, 11) is 0. The van der Waals surface area contributed by atoms with E-state index >= 15 is 0 Å². The summed E-state index contributed by atoms with van der Waals surface area (Å²) < 4.78 is 9.00. The summed E-state index contributed by atoms with van der Waals surface area (Å²) in [5, 5.41) is 2.20. The Balaban J connectivity index is 2.42. The third-order valence-electron chi connectivity index (χ3n) is 2.98. The number of hydrogen-bond acceptors (Lipinski definition) is 3. The Morgan fingerprint density at radius 2 is 1.76 bits per heavy atom. The van der Waals surface area contributed by atoms with Gasteiger partial charge in [0.1, 0.15) is 0 Å². The number of amides is 2. The fraction of sp³-hybridized carbons (Fsp3) is 0.462. The molecule has 1 aromatic carbocycles. The summed E-state index contributed by atoms with van der Waals surface area (Å²) >= 11 is 17.6. The highest BCUT2D eigenvalue weighted by molar-refractivity contribution is 6.68. The third kappa shape index (κ3) is 3.10. The van der Waals surface area contributed by atoms with Crippen molar-refractivity contribution >= 4 is 40.8 Å². The SMILES string of the molecule is CC(C)(C)c1ccc2c(c1)O[C@](NC(N)=O)(C(Cl)(Cl)Cl)O2. The number of nitrogens with two attached hydrogens (primary N) is 1. The van der Waals surface area contributed by atoms with Crippen LogP contribution in [0.2, 0.25) is 0 Å². The van der Waals surface area contributed by atoms with Crippen LogP contribution in [0.25, 0.3) is 0 Å². The molecule has 0 saturated heterocycles. The molecule has 5 nitrogen and oxygen atoms in total. The van der Waals surface area contributed by atoms with Gasteiger partial charge in [0, 0.05) is 0 Å². The Labute approximate surface area is 137 Å². The molecule has 2 rings (SSSR count). The molecule has 0 aliphatic carbocycles. The number of benzene rings is 1. The first-order valence-electron chi connectivity index (χ1n) is 6.11. The molecule has 1 atom stereocenters. The molecule has 0 spiro atoms. The van der Waals surface area contributed by atoms with Crippen LogP contribution in [0.1, 0.15) is 26.3 Å². The molecule has 1 aromatic rings. The van der Waals surface area contributed by atoms with Gasteiger partial charge in [0.2, 0.25) is 0 Å². The monoisotopic (exact) mass is 352 g/mol. The Morgan fingerprint density at radius 3 is 2.24 bits per heavy atom. The van der Waals surface area contributed by atoms with E-state index in [4.69, 9.17) is 50.0 Å². The second-order valence-corrected chi connectivity index (χ2v) is 8.00. The zero-order chi connectivity index (χ0) is 16.1. The largest absolute Gasteiger partial charge is 0.428 e. The molecule has 1 aliphatic rings. The van der Waals surface area contributed by atoms with Crippen LogP contribution in [0, 0.1) is 0 Å². The van der Waals surface area contributed by atoms with Crippen molar-refractivity contribution in [3.8, 4) is 11.5 Å². The highest BCUT2D eigenvalue weighted by Gasteiger charge is 2.59. The van der Waals surface area contributed by atoms with Gasteiger partial charge in [0.05, 0.1) is 0 Å². The minimum atomic E-state index is -2.08. The number of urea groups is 1. The first kappa shape index (κ1) is 16.3. The van der Waals surface area contributed by atoms with Gasteiger partial charge in [-0.2, -0.15) is 0 Å². The van der Waals surface area contributed by atoms with Crippen molar-refractivity contribution in [3.63, 3.8) is 0 Å². The maximum absolute atomic E-state index is 11.2. The van der Waals surface area contributed by atoms with E-state index in [0.717, 1.165) is 5.56 Å². The van der Waals surface area contributed by atoms with Crippen LogP contribution in [-0.2, 0) is 5.41 Å². The number of rotatable bonds is 1. The molecule has 116 valence electrons. The average Bonchev–Trinajstić information content (AvgIpc) is 2.63.